The van der Waals surface area contributed by atoms with Crippen LogP contribution in [0.15, 0.2) is 47.4 Å². The molecule has 2 nitrogen and oxygen atoms in total. The molecule has 0 heterocycles. The molecule has 1 atom stereocenters. The first-order valence-electron chi connectivity index (χ1n) is 7.99. The number of nitrogens with one attached hydrogen (secondary N) is 1. The Morgan fingerprint density at radius 3 is 2.40 bits per heavy atom. The summed E-state index contributed by atoms with van der Waals surface area (Å²) in [4.78, 5) is 13.3. The molecule has 0 saturated carbocycles. The maximum absolute atomic E-state index is 12.2. The molecule has 25 heavy (non-hydrogen) atoms. The van der Waals surface area contributed by atoms with E-state index < -0.39 is 0 Å². The number of halogens is 2. The largest absolute Gasteiger partial charge is 0.354 e. The van der Waals surface area contributed by atoms with E-state index in [-0.39, 0.29) is 11.2 Å². The minimum Gasteiger partial charge on any atom is -0.354 e. The van der Waals surface area contributed by atoms with Crippen molar-refractivity contribution in [2.75, 3.05) is 12.3 Å². The van der Waals surface area contributed by atoms with Gasteiger partial charge in [0.25, 0.3) is 0 Å². The Morgan fingerprint density at radius 2 is 1.76 bits per heavy atom. The number of thioether (sulfide) groups is 2. The predicted octanol–water partition coefficient (Wildman–Crippen LogP) is 5.83. The molecule has 0 fully saturated rings. The molecule has 0 aliphatic heterocycles. The lowest BCUT2D eigenvalue weighted by atomic mass is 10.2. The van der Waals surface area contributed by atoms with Gasteiger partial charge in [-0.25, -0.2) is 0 Å². The van der Waals surface area contributed by atoms with Crippen LogP contribution in [0.3, 0.4) is 0 Å². The lowest BCUT2D eigenvalue weighted by molar-refractivity contribution is -0.120. The van der Waals surface area contributed by atoms with Crippen LogP contribution in [0.2, 0.25) is 10.0 Å². The van der Waals surface area contributed by atoms with Crippen LogP contribution in [-0.4, -0.2) is 23.5 Å². The van der Waals surface area contributed by atoms with E-state index in [9.17, 15) is 4.79 Å². The lowest BCUT2D eigenvalue weighted by Gasteiger charge is -2.12. The van der Waals surface area contributed by atoms with Crippen LogP contribution in [0.4, 0.5) is 0 Å². The Morgan fingerprint density at radius 1 is 1.12 bits per heavy atom. The quantitative estimate of drug-likeness (QED) is 0.435. The van der Waals surface area contributed by atoms with Crippen molar-refractivity contribution in [1.29, 1.82) is 0 Å². The molecule has 0 aliphatic rings. The van der Waals surface area contributed by atoms with Crippen LogP contribution in [0.25, 0.3) is 0 Å². The van der Waals surface area contributed by atoms with Crippen LogP contribution in [-0.2, 0) is 10.5 Å². The second-order valence-electron chi connectivity index (χ2n) is 5.62. The fourth-order valence-electron chi connectivity index (χ4n) is 2.11. The molecule has 0 spiro atoms. The van der Waals surface area contributed by atoms with Crippen LogP contribution in [0.5, 0.6) is 0 Å². The van der Waals surface area contributed by atoms with E-state index in [0.29, 0.717) is 16.6 Å². The third-order valence-electron chi connectivity index (χ3n) is 3.56. The first-order chi connectivity index (χ1) is 12.0. The lowest BCUT2D eigenvalue weighted by Crippen LogP contribution is -2.32. The smallest absolute Gasteiger partial charge is 0.233 e. The summed E-state index contributed by atoms with van der Waals surface area (Å²) in [5.41, 5.74) is 2.17. The van der Waals surface area contributed by atoms with E-state index >= 15 is 0 Å². The third kappa shape index (κ3) is 6.78. The highest BCUT2D eigenvalue weighted by Crippen LogP contribution is 2.28. The van der Waals surface area contributed by atoms with Crippen LogP contribution < -0.4 is 5.32 Å². The van der Waals surface area contributed by atoms with Crippen molar-refractivity contribution in [3.63, 3.8) is 0 Å². The fraction of sp³-hybridized carbons (Fsp3) is 0.316. The maximum Gasteiger partial charge on any atom is 0.233 e. The van der Waals surface area contributed by atoms with Crippen molar-refractivity contribution >= 4 is 52.6 Å². The summed E-state index contributed by atoms with van der Waals surface area (Å²) in [6.07, 6.45) is 0. The number of rotatable bonds is 8. The molecule has 1 amide bonds. The Labute approximate surface area is 168 Å². The number of benzene rings is 2. The molecule has 2 aromatic carbocycles. The summed E-state index contributed by atoms with van der Waals surface area (Å²) in [5.74, 6) is 1.61. The molecule has 0 bridgehead atoms. The molecule has 2 aromatic rings. The maximum atomic E-state index is 12.2. The van der Waals surface area contributed by atoms with Crippen LogP contribution in [0.1, 0.15) is 18.1 Å². The van der Waals surface area contributed by atoms with E-state index in [1.165, 1.54) is 5.56 Å². The Kier molecular flexibility index (Phi) is 8.50. The number of aryl methyl sites for hydroxylation is 1. The highest BCUT2D eigenvalue weighted by Gasteiger charge is 2.13. The molecule has 0 aliphatic carbocycles. The zero-order valence-electron chi connectivity index (χ0n) is 14.2. The Balaban J connectivity index is 1.68. The first kappa shape index (κ1) is 20.5. The van der Waals surface area contributed by atoms with Crippen molar-refractivity contribution < 1.29 is 4.79 Å². The van der Waals surface area contributed by atoms with Gasteiger partial charge in [-0.1, -0.05) is 47.0 Å². The Bertz CT molecular complexity index is 687. The van der Waals surface area contributed by atoms with Crippen molar-refractivity contribution in [2.45, 2.75) is 29.7 Å². The van der Waals surface area contributed by atoms with Gasteiger partial charge in [0.2, 0.25) is 5.91 Å². The highest BCUT2D eigenvalue weighted by molar-refractivity contribution is 8.00. The normalized spacial score (nSPS) is 12.0. The standard InChI is InChI=1S/C19H21Cl2NOS2/c1-13-6-8-15(9-7-13)25-14(2)19(23)22-10-11-24-12-16-17(20)4-3-5-18(16)21/h3-9,14H,10-12H2,1-2H3,(H,22,23). The second kappa shape index (κ2) is 10.4. The minimum atomic E-state index is -0.120. The monoisotopic (exact) mass is 413 g/mol. The second-order valence-corrected chi connectivity index (χ2v) is 8.95. The number of carbonyl (C=O) groups is 1. The van der Waals surface area contributed by atoms with E-state index in [0.717, 1.165) is 22.0 Å². The molecule has 1 unspecified atom stereocenters. The zero-order valence-corrected chi connectivity index (χ0v) is 17.4. The van der Waals surface area contributed by atoms with Gasteiger partial charge in [-0.15, -0.1) is 11.8 Å². The minimum absolute atomic E-state index is 0.0574. The predicted molar refractivity (Wildman–Crippen MR) is 112 cm³/mol. The molecule has 134 valence electrons. The fourth-order valence-corrected chi connectivity index (χ4v) is 4.60. The zero-order chi connectivity index (χ0) is 18.2. The first-order valence-corrected chi connectivity index (χ1v) is 10.8. The summed E-state index contributed by atoms with van der Waals surface area (Å²) in [6.45, 7) is 4.61. The van der Waals surface area contributed by atoms with Crippen molar-refractivity contribution in [1.82, 2.24) is 5.32 Å². The average molecular weight is 414 g/mol. The van der Waals surface area contributed by atoms with Crippen molar-refractivity contribution in [3.8, 4) is 0 Å². The summed E-state index contributed by atoms with van der Waals surface area (Å²) in [7, 11) is 0. The van der Waals surface area contributed by atoms with Gasteiger partial charge >= 0.3 is 0 Å². The summed E-state index contributed by atoms with van der Waals surface area (Å²) >= 11 is 15.6. The van der Waals surface area contributed by atoms with Gasteiger partial charge in [-0.3, -0.25) is 4.79 Å². The Hall–Kier alpha value is -0.810. The number of hydrogen-bond donors (Lipinski definition) is 1. The summed E-state index contributed by atoms with van der Waals surface area (Å²) in [6, 6.07) is 13.7. The molecule has 0 radical (unpaired) electrons. The van der Waals surface area contributed by atoms with Gasteiger partial charge < -0.3 is 5.32 Å². The molecule has 2 rings (SSSR count). The van der Waals surface area contributed by atoms with E-state index in [1.807, 2.05) is 37.3 Å². The van der Waals surface area contributed by atoms with Crippen molar-refractivity contribution in [2.24, 2.45) is 0 Å². The molecule has 0 saturated heterocycles. The van der Waals surface area contributed by atoms with Gasteiger partial charge in [0.05, 0.1) is 5.25 Å². The van der Waals surface area contributed by atoms with E-state index in [4.69, 9.17) is 23.2 Å². The number of amides is 1. The molecule has 1 N–H and O–H groups in total. The van der Waals surface area contributed by atoms with Gasteiger partial charge in [-0.05, 0) is 43.7 Å². The third-order valence-corrected chi connectivity index (χ3v) is 6.36. The van der Waals surface area contributed by atoms with Gasteiger partial charge in [0.15, 0.2) is 0 Å². The number of hydrogen-bond acceptors (Lipinski definition) is 3. The molecule has 6 heteroatoms. The average Bonchev–Trinajstić information content (AvgIpc) is 2.58. The van der Waals surface area contributed by atoms with Crippen LogP contribution >= 0.6 is 46.7 Å². The van der Waals surface area contributed by atoms with E-state index in [2.05, 4.69) is 24.4 Å². The van der Waals surface area contributed by atoms with Crippen molar-refractivity contribution in [3.05, 3.63) is 63.6 Å². The van der Waals surface area contributed by atoms with Gasteiger partial charge in [0, 0.05) is 33.0 Å². The molecular formula is C19H21Cl2NOS2. The summed E-state index contributed by atoms with van der Waals surface area (Å²) < 4.78 is 0. The van der Waals surface area contributed by atoms with E-state index in [1.54, 1.807) is 23.5 Å². The number of carbonyl (C=O) groups excluding carboxylic acids is 1. The van der Waals surface area contributed by atoms with Crippen LogP contribution in [0, 0.1) is 6.92 Å². The highest BCUT2D eigenvalue weighted by atomic mass is 35.5. The van der Waals surface area contributed by atoms with Gasteiger partial charge in [0.1, 0.15) is 0 Å². The SMILES string of the molecule is Cc1ccc(SC(C)C(=O)NCCSCc2c(Cl)cccc2Cl)cc1. The molecular weight excluding hydrogens is 393 g/mol. The topological polar surface area (TPSA) is 29.1 Å². The van der Waals surface area contributed by atoms with Gasteiger partial charge in [-0.2, -0.15) is 11.8 Å². The molecule has 0 aromatic heterocycles. The summed E-state index contributed by atoms with van der Waals surface area (Å²) in [5, 5.41) is 4.24.